The van der Waals surface area contributed by atoms with Gasteiger partial charge in [0.25, 0.3) is 0 Å². The number of fused-ring (bicyclic) bond motifs is 3. The molecule has 5 aromatic rings. The van der Waals surface area contributed by atoms with Gasteiger partial charge in [-0.15, -0.1) is 0 Å². The Bertz CT molecular complexity index is 1850. The summed E-state index contributed by atoms with van der Waals surface area (Å²) in [5, 5.41) is 5.14. The van der Waals surface area contributed by atoms with E-state index >= 15 is 0 Å². The summed E-state index contributed by atoms with van der Waals surface area (Å²) in [5.41, 5.74) is 8.98. The monoisotopic (exact) mass is 501 g/mol. The van der Waals surface area contributed by atoms with Crippen LogP contribution in [-0.2, 0) is 0 Å². The van der Waals surface area contributed by atoms with Crippen LogP contribution in [0.2, 0.25) is 0 Å². The van der Waals surface area contributed by atoms with Crippen LogP contribution in [-0.4, -0.2) is 6.54 Å². The fourth-order valence-electron chi connectivity index (χ4n) is 5.88. The summed E-state index contributed by atoms with van der Waals surface area (Å²) in [7, 11) is 0. The summed E-state index contributed by atoms with van der Waals surface area (Å²) in [5.74, 6) is 0. The van der Waals surface area contributed by atoms with E-state index < -0.39 is 0 Å². The van der Waals surface area contributed by atoms with Crippen molar-refractivity contribution >= 4 is 39.9 Å². The quantitative estimate of drug-likeness (QED) is 0.240. The number of hydrogen-bond donors (Lipinski definition) is 0. The molecular weight excluding hydrogens is 470 g/mol. The number of anilines is 2. The third-order valence-electron chi connectivity index (χ3n) is 7.99. The largest absolute Gasteiger partial charge is 0.341 e. The standard InChI is InChI=1S/C38H31N/c1-2-9-28(10-3-1)35-18-19-36-26-33-14-6-4-11-29(33)15-8-24-39(38(36)27-35)37-22-20-31(21-23-37)34-17-16-30-12-5-7-13-32(30)25-34/h1-2,4-7,9,11-23,25-27H,3,8,10,24H2/b29-15-,33-26?. The van der Waals surface area contributed by atoms with Gasteiger partial charge >= 0.3 is 0 Å². The molecule has 2 aliphatic rings. The van der Waals surface area contributed by atoms with Gasteiger partial charge in [0.1, 0.15) is 0 Å². The van der Waals surface area contributed by atoms with Crippen LogP contribution in [0.25, 0.3) is 39.6 Å². The van der Waals surface area contributed by atoms with Crippen LogP contribution in [0.1, 0.15) is 30.4 Å². The zero-order valence-corrected chi connectivity index (χ0v) is 22.1. The first-order chi connectivity index (χ1) is 19.3. The van der Waals surface area contributed by atoms with Crippen LogP contribution in [0, 0.1) is 0 Å². The molecule has 1 heteroatoms. The van der Waals surface area contributed by atoms with Crippen molar-refractivity contribution in [1.29, 1.82) is 0 Å². The Labute approximate surface area is 230 Å². The molecule has 0 amide bonds. The molecule has 5 aromatic carbocycles. The van der Waals surface area contributed by atoms with Crippen molar-refractivity contribution in [2.45, 2.75) is 19.3 Å². The molecule has 0 radical (unpaired) electrons. The van der Waals surface area contributed by atoms with E-state index in [1.54, 1.807) is 0 Å². The molecule has 0 saturated carbocycles. The van der Waals surface area contributed by atoms with E-state index in [0.29, 0.717) is 0 Å². The Morgan fingerprint density at radius 3 is 2.21 bits per heavy atom. The highest BCUT2D eigenvalue weighted by atomic mass is 15.1. The number of benzene rings is 5. The maximum atomic E-state index is 2.50. The lowest BCUT2D eigenvalue weighted by Gasteiger charge is -2.27. The van der Waals surface area contributed by atoms with Crippen LogP contribution < -0.4 is 15.3 Å². The molecule has 7 rings (SSSR count). The molecule has 0 saturated heterocycles. The van der Waals surface area contributed by atoms with Crippen molar-refractivity contribution in [3.8, 4) is 11.1 Å². The van der Waals surface area contributed by atoms with E-state index in [2.05, 4.69) is 144 Å². The van der Waals surface area contributed by atoms with Crippen molar-refractivity contribution in [3.63, 3.8) is 0 Å². The molecule has 0 unspecified atom stereocenters. The molecule has 0 N–H and O–H groups in total. The SMILES string of the molecule is C1=CCCC(c2ccc3c(c2)N(c2ccc(-c4ccc5ccccc5c4)cc2)CC/C=c2/ccccc2=C3)=C1. The van der Waals surface area contributed by atoms with E-state index in [-0.39, 0.29) is 0 Å². The molecule has 0 aromatic heterocycles. The van der Waals surface area contributed by atoms with Crippen molar-refractivity contribution in [3.05, 3.63) is 149 Å². The van der Waals surface area contributed by atoms with Crippen LogP contribution in [0.4, 0.5) is 11.4 Å². The van der Waals surface area contributed by atoms with E-state index in [0.717, 1.165) is 25.8 Å². The lowest BCUT2D eigenvalue weighted by Crippen LogP contribution is -2.23. The summed E-state index contributed by atoms with van der Waals surface area (Å²) in [4.78, 5) is 2.50. The number of nitrogens with zero attached hydrogens (tertiary/aromatic N) is 1. The first-order valence-corrected chi connectivity index (χ1v) is 14.0. The van der Waals surface area contributed by atoms with Gasteiger partial charge in [-0.2, -0.15) is 0 Å². The highest BCUT2D eigenvalue weighted by Gasteiger charge is 2.16. The summed E-state index contributed by atoms with van der Waals surface area (Å²) < 4.78 is 0. The van der Waals surface area contributed by atoms with Crippen LogP contribution in [0.5, 0.6) is 0 Å². The van der Waals surface area contributed by atoms with Crippen LogP contribution in [0.3, 0.4) is 0 Å². The first kappa shape index (κ1) is 23.5. The lowest BCUT2D eigenvalue weighted by molar-refractivity contribution is 0.962. The predicted molar refractivity (Wildman–Crippen MR) is 168 cm³/mol. The third-order valence-corrected chi connectivity index (χ3v) is 7.99. The Morgan fingerprint density at radius 2 is 1.36 bits per heavy atom. The van der Waals surface area contributed by atoms with E-state index in [9.17, 15) is 0 Å². The van der Waals surface area contributed by atoms with Gasteiger partial charge in [-0.25, -0.2) is 0 Å². The fourth-order valence-corrected chi connectivity index (χ4v) is 5.88. The average Bonchev–Trinajstić information content (AvgIpc) is 3.08. The highest BCUT2D eigenvalue weighted by molar-refractivity contribution is 5.88. The van der Waals surface area contributed by atoms with Gasteiger partial charge in [0.05, 0.1) is 0 Å². The van der Waals surface area contributed by atoms with Gasteiger partial charge in [0, 0.05) is 17.9 Å². The van der Waals surface area contributed by atoms with Crippen LogP contribution >= 0.6 is 0 Å². The summed E-state index contributed by atoms with van der Waals surface area (Å²) in [6, 6.07) is 40.2. The van der Waals surface area contributed by atoms with E-state index in [4.69, 9.17) is 0 Å². The fraction of sp³-hybridized carbons (Fsp3) is 0.105. The average molecular weight is 502 g/mol. The summed E-state index contributed by atoms with van der Waals surface area (Å²) in [6.07, 6.45) is 14.6. The molecular formula is C38H31N. The Kier molecular flexibility index (Phi) is 6.19. The van der Waals surface area contributed by atoms with Crippen molar-refractivity contribution in [1.82, 2.24) is 0 Å². The molecule has 0 bridgehead atoms. The van der Waals surface area contributed by atoms with Crippen LogP contribution in [0.15, 0.2) is 127 Å². The van der Waals surface area contributed by atoms with Gasteiger partial charge in [0.15, 0.2) is 0 Å². The molecule has 1 aliphatic carbocycles. The highest BCUT2D eigenvalue weighted by Crippen LogP contribution is 2.35. The molecule has 188 valence electrons. The van der Waals surface area contributed by atoms with E-state index in [1.807, 2.05) is 0 Å². The van der Waals surface area contributed by atoms with Gasteiger partial charge in [-0.1, -0.05) is 109 Å². The van der Waals surface area contributed by atoms with Gasteiger partial charge in [-0.3, -0.25) is 0 Å². The van der Waals surface area contributed by atoms with Crippen molar-refractivity contribution < 1.29 is 0 Å². The smallest absolute Gasteiger partial charge is 0.0490 e. The van der Waals surface area contributed by atoms with Crippen molar-refractivity contribution in [2.24, 2.45) is 0 Å². The molecule has 1 heterocycles. The lowest BCUT2D eigenvalue weighted by atomic mass is 9.95. The molecule has 1 nitrogen and oxygen atoms in total. The minimum absolute atomic E-state index is 0.924. The molecule has 0 spiro atoms. The van der Waals surface area contributed by atoms with Gasteiger partial charge < -0.3 is 4.90 Å². The Morgan fingerprint density at radius 1 is 0.590 bits per heavy atom. The molecule has 0 fully saturated rings. The second kappa shape index (κ2) is 10.3. The van der Waals surface area contributed by atoms with Gasteiger partial charge in [0.2, 0.25) is 0 Å². The second-order valence-corrected chi connectivity index (χ2v) is 10.5. The molecule has 1 aliphatic heterocycles. The Balaban J connectivity index is 1.32. The third kappa shape index (κ3) is 4.73. The summed E-state index contributed by atoms with van der Waals surface area (Å²) in [6.45, 7) is 0.924. The zero-order valence-electron chi connectivity index (χ0n) is 22.1. The number of rotatable bonds is 3. The Hall–Kier alpha value is -4.62. The van der Waals surface area contributed by atoms with Crippen molar-refractivity contribution in [2.75, 3.05) is 11.4 Å². The predicted octanol–water partition coefficient (Wildman–Crippen LogP) is 8.39. The normalized spacial score (nSPS) is 15.5. The van der Waals surface area contributed by atoms with E-state index in [1.165, 1.54) is 60.4 Å². The molecule has 39 heavy (non-hydrogen) atoms. The maximum absolute atomic E-state index is 2.50. The first-order valence-electron chi connectivity index (χ1n) is 14.0. The second-order valence-electron chi connectivity index (χ2n) is 10.5. The molecule has 0 atom stereocenters. The summed E-state index contributed by atoms with van der Waals surface area (Å²) >= 11 is 0. The number of allylic oxidation sites excluding steroid dienone is 4. The number of hydrogen-bond acceptors (Lipinski definition) is 1. The van der Waals surface area contributed by atoms with Gasteiger partial charge in [-0.05, 0) is 98.6 Å². The minimum Gasteiger partial charge on any atom is -0.341 e. The topological polar surface area (TPSA) is 3.24 Å². The minimum atomic E-state index is 0.924. The zero-order chi connectivity index (χ0) is 26.0. The maximum Gasteiger partial charge on any atom is 0.0490 e.